The van der Waals surface area contributed by atoms with E-state index < -0.39 is 0 Å². The number of nitrogens with zero attached hydrogens (tertiary/aromatic N) is 2. The summed E-state index contributed by atoms with van der Waals surface area (Å²) >= 11 is 0. The van der Waals surface area contributed by atoms with Crippen LogP contribution in [-0.4, -0.2) is 29.7 Å². The lowest BCUT2D eigenvalue weighted by atomic mass is 9.85. The molecule has 1 atom stereocenters. The van der Waals surface area contributed by atoms with Crippen molar-refractivity contribution in [3.05, 3.63) is 12.4 Å². The molecule has 0 aliphatic carbocycles. The van der Waals surface area contributed by atoms with Gasteiger partial charge in [-0.25, -0.2) is 0 Å². The maximum Gasteiger partial charge on any atom is 0.233 e. The molecule has 1 aromatic heterocycles. The first kappa shape index (κ1) is 13.7. The average Bonchev–Trinajstić information content (AvgIpc) is 2.27. The zero-order valence-electron chi connectivity index (χ0n) is 11.0. The molecule has 1 rings (SSSR count). The molecule has 0 bridgehead atoms. The van der Waals surface area contributed by atoms with Crippen molar-refractivity contribution >= 4 is 5.82 Å². The van der Waals surface area contributed by atoms with Crippen LogP contribution in [0.2, 0.25) is 0 Å². The number of nitrogens with one attached hydrogen (secondary N) is 1. The number of methoxy groups -OCH3 is 1. The summed E-state index contributed by atoms with van der Waals surface area (Å²) in [6.45, 7) is 7.17. The number of ether oxygens (including phenoxy) is 1. The van der Waals surface area contributed by atoms with Gasteiger partial charge in [0.25, 0.3) is 0 Å². The highest BCUT2D eigenvalue weighted by atomic mass is 16.5. The van der Waals surface area contributed by atoms with Gasteiger partial charge in [0.1, 0.15) is 5.82 Å². The maximum atomic E-state index is 5.64. The second-order valence-corrected chi connectivity index (χ2v) is 5.09. The summed E-state index contributed by atoms with van der Waals surface area (Å²) in [5.74, 6) is 1.23. The van der Waals surface area contributed by atoms with Gasteiger partial charge in [-0.1, -0.05) is 20.8 Å². The van der Waals surface area contributed by atoms with Crippen molar-refractivity contribution < 1.29 is 4.74 Å². The van der Waals surface area contributed by atoms with E-state index in [-0.39, 0.29) is 11.5 Å². The molecule has 0 saturated heterocycles. The normalized spacial score (nSPS) is 13.2. The molecule has 5 nitrogen and oxygen atoms in total. The fraction of sp³-hybridized carbons (Fsp3) is 0.667. The molecule has 17 heavy (non-hydrogen) atoms. The monoisotopic (exact) mass is 238 g/mol. The van der Waals surface area contributed by atoms with E-state index in [0.29, 0.717) is 12.4 Å². The molecule has 96 valence electrons. The second kappa shape index (κ2) is 5.82. The number of hydrogen-bond acceptors (Lipinski definition) is 5. The van der Waals surface area contributed by atoms with E-state index in [1.54, 1.807) is 19.5 Å². The van der Waals surface area contributed by atoms with Crippen LogP contribution < -0.4 is 15.8 Å². The Labute approximate surface area is 103 Å². The third kappa shape index (κ3) is 4.19. The van der Waals surface area contributed by atoms with Gasteiger partial charge in [-0.2, -0.15) is 4.98 Å². The van der Waals surface area contributed by atoms with Gasteiger partial charge in [-0.3, -0.25) is 4.98 Å². The zero-order chi connectivity index (χ0) is 12.9. The van der Waals surface area contributed by atoms with Crippen LogP contribution in [0.4, 0.5) is 5.82 Å². The van der Waals surface area contributed by atoms with Crippen LogP contribution in [0.25, 0.3) is 0 Å². The Balaban J connectivity index is 2.78. The highest BCUT2D eigenvalue weighted by Gasteiger charge is 2.24. The van der Waals surface area contributed by atoms with E-state index in [4.69, 9.17) is 10.5 Å². The molecule has 3 N–H and O–H groups in total. The smallest absolute Gasteiger partial charge is 0.233 e. The lowest BCUT2D eigenvalue weighted by Gasteiger charge is -2.31. The van der Waals surface area contributed by atoms with Gasteiger partial charge in [-0.15, -0.1) is 0 Å². The molecule has 1 unspecified atom stereocenters. The first-order chi connectivity index (χ1) is 7.97. The molecule has 0 fully saturated rings. The summed E-state index contributed by atoms with van der Waals surface area (Å²) in [6, 6.07) is 0.258. The number of rotatable bonds is 5. The Morgan fingerprint density at radius 1 is 1.41 bits per heavy atom. The van der Waals surface area contributed by atoms with Gasteiger partial charge >= 0.3 is 0 Å². The van der Waals surface area contributed by atoms with Gasteiger partial charge in [0, 0.05) is 6.04 Å². The van der Waals surface area contributed by atoms with E-state index in [1.165, 1.54) is 0 Å². The van der Waals surface area contributed by atoms with Crippen molar-refractivity contribution in [1.82, 2.24) is 9.97 Å². The quantitative estimate of drug-likeness (QED) is 0.816. The first-order valence-corrected chi connectivity index (χ1v) is 5.80. The molecule has 1 heterocycles. The predicted octanol–water partition coefficient (Wildman–Crippen LogP) is 1.66. The minimum absolute atomic E-state index is 0.115. The van der Waals surface area contributed by atoms with Gasteiger partial charge < -0.3 is 15.8 Å². The standard InChI is InChI=1S/C12H22N4O/c1-12(2,3)9(5-6-13)15-10-7-14-8-11(16-10)17-4/h7-9H,5-6,13H2,1-4H3,(H,15,16). The predicted molar refractivity (Wildman–Crippen MR) is 69.1 cm³/mol. The lowest BCUT2D eigenvalue weighted by molar-refractivity contribution is 0.327. The van der Waals surface area contributed by atoms with E-state index >= 15 is 0 Å². The van der Waals surface area contributed by atoms with Crippen LogP contribution in [0.15, 0.2) is 12.4 Å². The number of aromatic nitrogens is 2. The Bertz CT molecular complexity index is 349. The molecule has 0 aromatic carbocycles. The Kier molecular flexibility index (Phi) is 4.69. The lowest BCUT2D eigenvalue weighted by Crippen LogP contribution is -2.36. The highest BCUT2D eigenvalue weighted by molar-refractivity contribution is 5.35. The largest absolute Gasteiger partial charge is 0.480 e. The van der Waals surface area contributed by atoms with Crippen molar-refractivity contribution in [3.8, 4) is 5.88 Å². The minimum Gasteiger partial charge on any atom is -0.480 e. The number of hydrogen-bond donors (Lipinski definition) is 2. The molecule has 0 radical (unpaired) electrons. The van der Waals surface area contributed by atoms with Crippen LogP contribution in [0, 0.1) is 5.41 Å². The van der Waals surface area contributed by atoms with Gasteiger partial charge in [-0.05, 0) is 18.4 Å². The molecular formula is C12H22N4O. The van der Waals surface area contributed by atoms with E-state index in [0.717, 1.165) is 12.2 Å². The Morgan fingerprint density at radius 2 is 2.12 bits per heavy atom. The van der Waals surface area contributed by atoms with E-state index in [1.807, 2.05) is 0 Å². The fourth-order valence-electron chi connectivity index (χ4n) is 1.58. The highest BCUT2D eigenvalue weighted by Crippen LogP contribution is 2.24. The number of anilines is 1. The first-order valence-electron chi connectivity index (χ1n) is 5.80. The van der Waals surface area contributed by atoms with E-state index in [2.05, 4.69) is 36.1 Å². The summed E-state index contributed by atoms with van der Waals surface area (Å²) in [5.41, 5.74) is 5.75. The van der Waals surface area contributed by atoms with Gasteiger partial charge in [0.15, 0.2) is 0 Å². The third-order valence-corrected chi connectivity index (χ3v) is 2.64. The molecule has 0 aliphatic rings. The van der Waals surface area contributed by atoms with Crippen molar-refractivity contribution in [2.45, 2.75) is 33.2 Å². The van der Waals surface area contributed by atoms with Crippen LogP contribution in [-0.2, 0) is 0 Å². The molecule has 1 aromatic rings. The van der Waals surface area contributed by atoms with Gasteiger partial charge in [0.05, 0.1) is 19.5 Å². The van der Waals surface area contributed by atoms with Crippen molar-refractivity contribution in [2.24, 2.45) is 11.1 Å². The molecule has 0 saturated carbocycles. The molecule has 0 aliphatic heterocycles. The second-order valence-electron chi connectivity index (χ2n) is 5.09. The summed E-state index contributed by atoms with van der Waals surface area (Å²) < 4.78 is 5.04. The van der Waals surface area contributed by atoms with Crippen LogP contribution in [0.1, 0.15) is 27.2 Å². The van der Waals surface area contributed by atoms with E-state index in [9.17, 15) is 0 Å². The average molecular weight is 238 g/mol. The molecule has 0 amide bonds. The Morgan fingerprint density at radius 3 is 2.65 bits per heavy atom. The summed E-state index contributed by atoms with van der Waals surface area (Å²) in [5, 5.41) is 3.36. The topological polar surface area (TPSA) is 73.1 Å². The van der Waals surface area contributed by atoms with Gasteiger partial charge in [0.2, 0.25) is 5.88 Å². The van der Waals surface area contributed by atoms with Crippen molar-refractivity contribution in [2.75, 3.05) is 19.0 Å². The van der Waals surface area contributed by atoms with Crippen LogP contribution >= 0.6 is 0 Å². The van der Waals surface area contributed by atoms with Crippen LogP contribution in [0.5, 0.6) is 5.88 Å². The third-order valence-electron chi connectivity index (χ3n) is 2.64. The zero-order valence-corrected chi connectivity index (χ0v) is 11.0. The summed E-state index contributed by atoms with van der Waals surface area (Å²) in [7, 11) is 1.58. The van der Waals surface area contributed by atoms with Crippen molar-refractivity contribution in [3.63, 3.8) is 0 Å². The fourth-order valence-corrected chi connectivity index (χ4v) is 1.58. The molecular weight excluding hydrogens is 216 g/mol. The maximum absolute atomic E-state index is 5.64. The van der Waals surface area contributed by atoms with Crippen LogP contribution in [0.3, 0.4) is 0 Å². The molecule has 0 spiro atoms. The SMILES string of the molecule is COc1cncc(NC(CCN)C(C)(C)C)n1. The Hall–Kier alpha value is -1.36. The van der Waals surface area contributed by atoms with Crippen molar-refractivity contribution in [1.29, 1.82) is 0 Å². The summed E-state index contributed by atoms with van der Waals surface area (Å²) in [4.78, 5) is 8.36. The summed E-state index contributed by atoms with van der Waals surface area (Å²) in [6.07, 6.45) is 4.17. The number of nitrogens with two attached hydrogens (primary N) is 1. The minimum atomic E-state index is 0.115. The molecule has 5 heteroatoms.